The summed E-state index contributed by atoms with van der Waals surface area (Å²) in [7, 11) is 0. The zero-order valence-corrected chi connectivity index (χ0v) is 13.2. The van der Waals surface area contributed by atoms with Crippen LogP contribution < -0.4 is 16.4 Å². The fourth-order valence-corrected chi connectivity index (χ4v) is 3.68. The second kappa shape index (κ2) is 5.38. The number of para-hydroxylation sites is 1. The van der Waals surface area contributed by atoms with Gasteiger partial charge in [0.2, 0.25) is 0 Å². The molecule has 1 unspecified atom stereocenters. The summed E-state index contributed by atoms with van der Waals surface area (Å²) in [5, 5.41) is 11.1. The fourth-order valence-electron chi connectivity index (χ4n) is 3.68. The van der Waals surface area contributed by atoms with Gasteiger partial charge in [0.15, 0.2) is 0 Å². The summed E-state index contributed by atoms with van der Waals surface area (Å²) < 4.78 is 1.54. The zero-order valence-electron chi connectivity index (χ0n) is 13.2. The van der Waals surface area contributed by atoms with Gasteiger partial charge in [0.1, 0.15) is 5.82 Å². The van der Waals surface area contributed by atoms with E-state index < -0.39 is 0 Å². The lowest BCUT2D eigenvalue weighted by Gasteiger charge is -2.27. The van der Waals surface area contributed by atoms with Gasteiger partial charge in [-0.15, -0.1) is 5.10 Å². The molecule has 1 atom stereocenters. The number of carbonyl (C=O) groups excluding carboxylic acids is 1. The van der Waals surface area contributed by atoms with Crippen LogP contribution in [0.1, 0.15) is 39.5 Å². The predicted octanol–water partition coefficient (Wildman–Crippen LogP) is 1.66. The average Bonchev–Trinajstić information content (AvgIpc) is 2.92. The van der Waals surface area contributed by atoms with E-state index in [9.17, 15) is 4.79 Å². The molecule has 0 aliphatic carbocycles. The van der Waals surface area contributed by atoms with Crippen molar-refractivity contribution in [3.63, 3.8) is 0 Å². The lowest BCUT2D eigenvalue weighted by Crippen LogP contribution is -2.32. The van der Waals surface area contributed by atoms with Crippen molar-refractivity contribution in [3.05, 3.63) is 40.6 Å². The van der Waals surface area contributed by atoms with Crippen LogP contribution >= 0.6 is 0 Å². The molecule has 2 aliphatic rings. The van der Waals surface area contributed by atoms with Crippen molar-refractivity contribution < 1.29 is 4.79 Å². The monoisotopic (exact) mass is 311 g/mol. The highest BCUT2D eigenvalue weighted by atomic mass is 16.2. The second-order valence-corrected chi connectivity index (χ2v) is 6.29. The van der Waals surface area contributed by atoms with Crippen molar-refractivity contribution in [3.8, 4) is 0 Å². The number of aryl methyl sites for hydroxylation is 1. The van der Waals surface area contributed by atoms with Gasteiger partial charge >= 0.3 is 0 Å². The number of nitrogens with one attached hydrogen (secondary N) is 2. The van der Waals surface area contributed by atoms with E-state index in [1.165, 1.54) is 5.56 Å². The Bertz CT molecular complexity index is 780. The van der Waals surface area contributed by atoms with E-state index in [4.69, 9.17) is 5.73 Å². The average molecular weight is 311 g/mol. The van der Waals surface area contributed by atoms with Crippen LogP contribution in [0.3, 0.4) is 0 Å². The van der Waals surface area contributed by atoms with Crippen molar-refractivity contribution in [1.29, 1.82) is 0 Å². The minimum Gasteiger partial charge on any atom is -0.385 e. The molecule has 0 amide bonds. The Morgan fingerprint density at radius 2 is 2.26 bits per heavy atom. The largest absolute Gasteiger partial charge is 0.385 e. The summed E-state index contributed by atoms with van der Waals surface area (Å²) in [6, 6.07) is 6.11. The molecule has 1 aromatic heterocycles. The highest BCUT2D eigenvalue weighted by Gasteiger charge is 2.31. The van der Waals surface area contributed by atoms with Gasteiger partial charge in [0.25, 0.3) is 5.91 Å². The lowest BCUT2D eigenvalue weighted by atomic mass is 9.88. The van der Waals surface area contributed by atoms with Crippen LogP contribution in [0, 0.1) is 6.92 Å². The maximum atomic E-state index is 13.1. The van der Waals surface area contributed by atoms with Crippen LogP contribution in [-0.2, 0) is 13.0 Å². The van der Waals surface area contributed by atoms with Crippen LogP contribution in [0.25, 0.3) is 0 Å². The van der Waals surface area contributed by atoms with Crippen molar-refractivity contribution >= 4 is 17.4 Å². The third kappa shape index (κ3) is 2.21. The second-order valence-electron chi connectivity index (χ2n) is 6.29. The standard InChI is InChI=1S/C17H21N5O/c1-10-3-2-4-11-12(6-8-20-15(10)11)17(23)22-14-9-19-7-5-13(14)16(18)21-22/h2-4,12,19-20H,5-9H2,1H3,(H2,18,21). The molecule has 6 nitrogen and oxygen atoms in total. The van der Waals surface area contributed by atoms with Crippen LogP contribution in [0.2, 0.25) is 0 Å². The summed E-state index contributed by atoms with van der Waals surface area (Å²) in [5.74, 6) is 0.347. The van der Waals surface area contributed by atoms with Crippen LogP contribution in [0.5, 0.6) is 0 Å². The Labute approximate surface area is 135 Å². The number of hydrogen-bond acceptors (Lipinski definition) is 5. The molecular formula is C17H21N5O. The number of anilines is 2. The fraction of sp³-hybridized carbons (Fsp3) is 0.412. The molecule has 120 valence electrons. The quantitative estimate of drug-likeness (QED) is 0.746. The van der Waals surface area contributed by atoms with Gasteiger partial charge in [-0.05, 0) is 37.4 Å². The van der Waals surface area contributed by atoms with E-state index in [-0.39, 0.29) is 11.8 Å². The first-order valence-electron chi connectivity index (χ1n) is 8.11. The molecule has 3 heterocycles. The topological polar surface area (TPSA) is 85.0 Å². The first-order chi connectivity index (χ1) is 11.2. The molecule has 0 fully saturated rings. The Kier molecular flexibility index (Phi) is 3.34. The molecule has 2 aliphatic heterocycles. The number of carbonyl (C=O) groups is 1. The van der Waals surface area contributed by atoms with Crippen LogP contribution in [0.4, 0.5) is 11.5 Å². The number of fused-ring (bicyclic) bond motifs is 2. The molecule has 23 heavy (non-hydrogen) atoms. The molecule has 0 saturated heterocycles. The van der Waals surface area contributed by atoms with E-state index in [0.717, 1.165) is 48.4 Å². The van der Waals surface area contributed by atoms with E-state index in [2.05, 4.69) is 28.7 Å². The number of nitrogen functional groups attached to an aromatic ring is 1. The smallest absolute Gasteiger partial charge is 0.254 e. The maximum Gasteiger partial charge on any atom is 0.254 e. The molecule has 2 aromatic rings. The van der Waals surface area contributed by atoms with Gasteiger partial charge in [-0.25, -0.2) is 4.68 Å². The Hall–Kier alpha value is -2.34. The van der Waals surface area contributed by atoms with Crippen LogP contribution in [-0.4, -0.2) is 28.8 Å². The van der Waals surface area contributed by atoms with E-state index in [1.807, 2.05) is 12.1 Å². The van der Waals surface area contributed by atoms with Crippen molar-refractivity contribution in [2.45, 2.75) is 32.2 Å². The van der Waals surface area contributed by atoms with Gasteiger partial charge in [-0.2, -0.15) is 0 Å². The molecule has 4 rings (SSSR count). The molecule has 0 radical (unpaired) electrons. The Balaban J connectivity index is 1.76. The summed E-state index contributed by atoms with van der Waals surface area (Å²) in [6.45, 7) is 4.39. The number of rotatable bonds is 1. The van der Waals surface area contributed by atoms with Crippen molar-refractivity contribution in [1.82, 2.24) is 15.1 Å². The highest BCUT2D eigenvalue weighted by Crippen LogP contribution is 2.35. The molecule has 0 bridgehead atoms. The Morgan fingerprint density at radius 1 is 1.39 bits per heavy atom. The van der Waals surface area contributed by atoms with Crippen LogP contribution in [0.15, 0.2) is 18.2 Å². The van der Waals surface area contributed by atoms with E-state index in [0.29, 0.717) is 12.4 Å². The molecule has 0 spiro atoms. The third-order valence-electron chi connectivity index (χ3n) is 4.89. The predicted molar refractivity (Wildman–Crippen MR) is 89.7 cm³/mol. The van der Waals surface area contributed by atoms with E-state index in [1.54, 1.807) is 4.68 Å². The first kappa shape index (κ1) is 14.3. The van der Waals surface area contributed by atoms with Gasteiger partial charge in [0, 0.05) is 24.3 Å². The number of hydrogen-bond donors (Lipinski definition) is 3. The summed E-state index contributed by atoms with van der Waals surface area (Å²) in [5.41, 5.74) is 11.3. The minimum atomic E-state index is -0.170. The number of nitrogens with zero attached hydrogens (tertiary/aromatic N) is 2. The summed E-state index contributed by atoms with van der Waals surface area (Å²) in [4.78, 5) is 13.1. The van der Waals surface area contributed by atoms with E-state index >= 15 is 0 Å². The maximum absolute atomic E-state index is 13.1. The molecule has 6 heteroatoms. The van der Waals surface area contributed by atoms with Gasteiger partial charge in [0.05, 0.1) is 11.6 Å². The minimum absolute atomic E-state index is 0.0231. The number of aromatic nitrogens is 2. The molecule has 4 N–H and O–H groups in total. The summed E-state index contributed by atoms with van der Waals surface area (Å²) in [6.07, 6.45) is 1.60. The van der Waals surface area contributed by atoms with Gasteiger partial charge < -0.3 is 16.4 Å². The first-order valence-corrected chi connectivity index (χ1v) is 8.11. The lowest BCUT2D eigenvalue weighted by molar-refractivity contribution is 0.0852. The molecule has 0 saturated carbocycles. The zero-order chi connectivity index (χ0) is 16.0. The Morgan fingerprint density at radius 3 is 3.13 bits per heavy atom. The van der Waals surface area contributed by atoms with Gasteiger partial charge in [-0.3, -0.25) is 4.79 Å². The SMILES string of the molecule is Cc1cccc2c1NCCC2C(=O)n1nc(N)c2c1CNCC2. The van der Waals surface area contributed by atoms with Crippen molar-refractivity contribution in [2.24, 2.45) is 0 Å². The number of nitrogens with two attached hydrogens (primary N) is 1. The highest BCUT2D eigenvalue weighted by molar-refractivity contribution is 5.89. The van der Waals surface area contributed by atoms with Crippen molar-refractivity contribution in [2.75, 3.05) is 24.1 Å². The number of benzene rings is 1. The van der Waals surface area contributed by atoms with Gasteiger partial charge in [-0.1, -0.05) is 18.2 Å². The molecular weight excluding hydrogens is 290 g/mol. The summed E-state index contributed by atoms with van der Waals surface area (Å²) >= 11 is 0. The molecule has 1 aromatic carbocycles. The third-order valence-corrected chi connectivity index (χ3v) is 4.89. The normalized spacial score (nSPS) is 19.6.